The number of hydrogen-bond donors (Lipinski definition) is 2. The van der Waals surface area contributed by atoms with Gasteiger partial charge in [0.25, 0.3) is 0 Å². The average Bonchev–Trinajstić information content (AvgIpc) is 2.09. The van der Waals surface area contributed by atoms with Gasteiger partial charge in [-0.05, 0) is 32.9 Å². The molecule has 0 bridgehead atoms. The Morgan fingerprint density at radius 1 is 1.62 bits per heavy atom. The van der Waals surface area contributed by atoms with Crippen LogP contribution in [0.25, 0.3) is 0 Å². The van der Waals surface area contributed by atoms with E-state index >= 15 is 0 Å². The lowest BCUT2D eigenvalue weighted by atomic mass is 9.93. The Balaban J connectivity index is 2.33. The Hall–Kier alpha value is -0.120. The number of aliphatic hydroxyl groups excluding tert-OH is 1. The van der Waals surface area contributed by atoms with Gasteiger partial charge in [0.2, 0.25) is 0 Å². The normalized spacial score (nSPS) is 33.2. The van der Waals surface area contributed by atoms with E-state index < -0.39 is 0 Å². The van der Waals surface area contributed by atoms with E-state index in [4.69, 9.17) is 5.11 Å². The summed E-state index contributed by atoms with van der Waals surface area (Å²) in [6, 6.07) is 0.814. The molecule has 1 fully saturated rings. The molecular formula is C10H22N2O. The minimum Gasteiger partial charge on any atom is -0.395 e. The summed E-state index contributed by atoms with van der Waals surface area (Å²) < 4.78 is 0. The summed E-state index contributed by atoms with van der Waals surface area (Å²) >= 11 is 0. The molecule has 3 heteroatoms. The summed E-state index contributed by atoms with van der Waals surface area (Å²) in [4.78, 5) is 2.37. The maximum atomic E-state index is 8.93. The van der Waals surface area contributed by atoms with Crippen LogP contribution in [-0.4, -0.2) is 48.8 Å². The highest BCUT2D eigenvalue weighted by molar-refractivity contribution is 4.83. The van der Waals surface area contributed by atoms with E-state index in [9.17, 15) is 0 Å². The van der Waals surface area contributed by atoms with Crippen molar-refractivity contribution in [1.82, 2.24) is 10.2 Å². The van der Waals surface area contributed by atoms with Crippen molar-refractivity contribution in [2.75, 3.05) is 26.7 Å². The number of likely N-dealkylation sites (tertiary alicyclic amines) is 1. The van der Waals surface area contributed by atoms with E-state index in [0.29, 0.717) is 12.0 Å². The molecule has 0 aromatic rings. The predicted octanol–water partition coefficient (Wildman–Crippen LogP) is 0.297. The van der Waals surface area contributed by atoms with Gasteiger partial charge in [-0.15, -0.1) is 0 Å². The maximum absolute atomic E-state index is 8.93. The second-order valence-electron chi connectivity index (χ2n) is 4.38. The number of nitrogens with zero attached hydrogens (tertiary/aromatic N) is 1. The van der Waals surface area contributed by atoms with Gasteiger partial charge in [0.15, 0.2) is 0 Å². The molecule has 0 aliphatic carbocycles. The number of aliphatic hydroxyl groups is 1. The molecule has 3 nitrogen and oxygen atoms in total. The highest BCUT2D eigenvalue weighted by Crippen LogP contribution is 2.15. The first kappa shape index (κ1) is 11.0. The maximum Gasteiger partial charge on any atom is 0.0582 e. The molecule has 13 heavy (non-hydrogen) atoms. The van der Waals surface area contributed by atoms with Gasteiger partial charge in [0, 0.05) is 18.6 Å². The molecule has 0 aromatic heterocycles. The molecule has 0 aromatic carbocycles. The third-order valence-corrected chi connectivity index (χ3v) is 2.88. The molecule has 1 aliphatic rings. The molecule has 1 rings (SSSR count). The quantitative estimate of drug-likeness (QED) is 0.665. The van der Waals surface area contributed by atoms with Crippen molar-refractivity contribution in [3.05, 3.63) is 0 Å². The van der Waals surface area contributed by atoms with Crippen LogP contribution in [0, 0.1) is 5.92 Å². The molecule has 0 radical (unpaired) electrons. The van der Waals surface area contributed by atoms with Gasteiger partial charge in [0.05, 0.1) is 6.61 Å². The van der Waals surface area contributed by atoms with Gasteiger partial charge in [0.1, 0.15) is 0 Å². The molecule has 2 unspecified atom stereocenters. The molecule has 0 saturated carbocycles. The lowest BCUT2D eigenvalue weighted by molar-refractivity contribution is 0.152. The van der Waals surface area contributed by atoms with Crippen molar-refractivity contribution in [2.45, 2.75) is 32.4 Å². The minimum atomic E-state index is 0.232. The molecule has 1 saturated heterocycles. The number of nitrogens with one attached hydrogen (secondary N) is 1. The summed E-state index contributed by atoms with van der Waals surface area (Å²) in [5, 5.41) is 12.4. The van der Waals surface area contributed by atoms with E-state index in [1.807, 2.05) is 6.92 Å². The summed E-state index contributed by atoms with van der Waals surface area (Å²) in [5.41, 5.74) is 0. The summed E-state index contributed by atoms with van der Waals surface area (Å²) in [6.45, 7) is 6.87. The standard InChI is InChI=1S/C10H22N2O/c1-8-6-12(3)5-4-10(8)11-9(2)7-13/h8-11,13H,4-7H2,1-3H3/t8?,9-,10?/m1/s1. The Morgan fingerprint density at radius 2 is 2.31 bits per heavy atom. The zero-order valence-electron chi connectivity index (χ0n) is 8.95. The van der Waals surface area contributed by atoms with E-state index in [2.05, 4.69) is 24.2 Å². The summed E-state index contributed by atoms with van der Waals surface area (Å²) in [6.07, 6.45) is 1.20. The molecule has 0 amide bonds. The molecule has 1 aliphatic heterocycles. The van der Waals surface area contributed by atoms with Crippen molar-refractivity contribution in [3.63, 3.8) is 0 Å². The lowest BCUT2D eigenvalue weighted by Crippen LogP contribution is -2.50. The lowest BCUT2D eigenvalue weighted by Gasteiger charge is -2.36. The van der Waals surface area contributed by atoms with Crippen molar-refractivity contribution < 1.29 is 5.11 Å². The monoisotopic (exact) mass is 186 g/mol. The van der Waals surface area contributed by atoms with Crippen LogP contribution in [0.2, 0.25) is 0 Å². The Bertz CT molecular complexity index is 152. The van der Waals surface area contributed by atoms with Gasteiger partial charge < -0.3 is 15.3 Å². The number of hydrogen-bond acceptors (Lipinski definition) is 3. The van der Waals surface area contributed by atoms with Crippen LogP contribution in [0.3, 0.4) is 0 Å². The summed E-state index contributed by atoms with van der Waals surface area (Å²) in [7, 11) is 2.17. The third-order valence-electron chi connectivity index (χ3n) is 2.88. The van der Waals surface area contributed by atoms with E-state index in [0.717, 1.165) is 6.54 Å². The van der Waals surface area contributed by atoms with Crippen LogP contribution < -0.4 is 5.32 Å². The first-order chi connectivity index (χ1) is 6.13. The topological polar surface area (TPSA) is 35.5 Å². The van der Waals surface area contributed by atoms with Gasteiger partial charge in [-0.2, -0.15) is 0 Å². The van der Waals surface area contributed by atoms with Crippen LogP contribution in [0.4, 0.5) is 0 Å². The SMILES string of the molecule is CC1CN(C)CCC1N[C@H](C)CO. The van der Waals surface area contributed by atoms with E-state index in [-0.39, 0.29) is 12.6 Å². The molecule has 0 spiro atoms. The van der Waals surface area contributed by atoms with Gasteiger partial charge >= 0.3 is 0 Å². The number of piperidine rings is 1. The molecule has 2 N–H and O–H groups in total. The van der Waals surface area contributed by atoms with Crippen LogP contribution in [0.5, 0.6) is 0 Å². The molecule has 78 valence electrons. The smallest absolute Gasteiger partial charge is 0.0582 e. The first-order valence-electron chi connectivity index (χ1n) is 5.19. The second-order valence-corrected chi connectivity index (χ2v) is 4.38. The zero-order chi connectivity index (χ0) is 9.84. The van der Waals surface area contributed by atoms with Gasteiger partial charge in [-0.1, -0.05) is 6.92 Å². The molecule has 3 atom stereocenters. The Morgan fingerprint density at radius 3 is 2.85 bits per heavy atom. The second kappa shape index (κ2) is 4.94. The average molecular weight is 186 g/mol. The largest absolute Gasteiger partial charge is 0.395 e. The van der Waals surface area contributed by atoms with Crippen molar-refractivity contribution >= 4 is 0 Å². The van der Waals surface area contributed by atoms with Crippen molar-refractivity contribution in [3.8, 4) is 0 Å². The van der Waals surface area contributed by atoms with Gasteiger partial charge in [-0.25, -0.2) is 0 Å². The van der Waals surface area contributed by atoms with Crippen LogP contribution in [0.1, 0.15) is 20.3 Å². The van der Waals surface area contributed by atoms with Crippen molar-refractivity contribution in [2.24, 2.45) is 5.92 Å². The highest BCUT2D eigenvalue weighted by Gasteiger charge is 2.24. The summed E-state index contributed by atoms with van der Waals surface area (Å²) in [5.74, 6) is 0.688. The van der Waals surface area contributed by atoms with E-state index in [1.165, 1.54) is 13.0 Å². The van der Waals surface area contributed by atoms with Crippen LogP contribution >= 0.6 is 0 Å². The predicted molar refractivity (Wildman–Crippen MR) is 54.7 cm³/mol. The molecule has 1 heterocycles. The fourth-order valence-corrected chi connectivity index (χ4v) is 2.02. The third kappa shape index (κ3) is 3.25. The van der Waals surface area contributed by atoms with Gasteiger partial charge in [-0.3, -0.25) is 0 Å². The highest BCUT2D eigenvalue weighted by atomic mass is 16.3. The number of rotatable bonds is 3. The fraction of sp³-hybridized carbons (Fsp3) is 1.00. The van der Waals surface area contributed by atoms with Crippen LogP contribution in [-0.2, 0) is 0 Å². The Kier molecular flexibility index (Phi) is 4.16. The zero-order valence-corrected chi connectivity index (χ0v) is 8.95. The Labute approximate surface area is 81.1 Å². The first-order valence-corrected chi connectivity index (χ1v) is 5.19. The fourth-order valence-electron chi connectivity index (χ4n) is 2.02. The van der Waals surface area contributed by atoms with Crippen LogP contribution in [0.15, 0.2) is 0 Å². The van der Waals surface area contributed by atoms with E-state index in [1.54, 1.807) is 0 Å². The minimum absolute atomic E-state index is 0.232. The molecular weight excluding hydrogens is 164 g/mol. The van der Waals surface area contributed by atoms with Crippen molar-refractivity contribution in [1.29, 1.82) is 0 Å².